The third-order valence-electron chi connectivity index (χ3n) is 2.95. The zero-order valence-electron chi connectivity index (χ0n) is 12.0. The summed E-state index contributed by atoms with van der Waals surface area (Å²) in [6.45, 7) is 2.85. The molecule has 0 radical (unpaired) electrons. The Morgan fingerprint density at radius 2 is 1.95 bits per heavy atom. The van der Waals surface area contributed by atoms with Gasteiger partial charge in [0.2, 0.25) is 0 Å². The highest BCUT2D eigenvalue weighted by Crippen LogP contribution is 2.12. The van der Waals surface area contributed by atoms with Gasteiger partial charge in [-0.2, -0.15) is 0 Å². The molecule has 1 heterocycles. The van der Waals surface area contributed by atoms with Gasteiger partial charge in [-0.3, -0.25) is 4.79 Å². The predicted octanol–water partition coefficient (Wildman–Crippen LogP) is 2.30. The lowest BCUT2D eigenvalue weighted by Gasteiger charge is -2.07. The molecule has 5 nitrogen and oxygen atoms in total. The van der Waals surface area contributed by atoms with Crippen molar-refractivity contribution in [1.82, 2.24) is 4.98 Å². The van der Waals surface area contributed by atoms with E-state index in [1.807, 2.05) is 37.3 Å². The van der Waals surface area contributed by atoms with Crippen LogP contribution in [-0.2, 0) is 6.42 Å². The lowest BCUT2D eigenvalue weighted by molar-refractivity contribution is 0.102. The van der Waals surface area contributed by atoms with Crippen molar-refractivity contribution in [3.05, 3.63) is 53.7 Å². The number of amides is 1. The molecular weight excluding hydrogens is 266 g/mol. The average molecular weight is 285 g/mol. The second-order valence-electron chi connectivity index (χ2n) is 4.56. The summed E-state index contributed by atoms with van der Waals surface area (Å²) >= 11 is 0. The van der Waals surface area contributed by atoms with E-state index in [1.165, 1.54) is 0 Å². The summed E-state index contributed by atoms with van der Waals surface area (Å²) in [7, 11) is 0. The normalized spacial score (nSPS) is 10.2. The Hall–Kier alpha value is -2.40. The summed E-state index contributed by atoms with van der Waals surface area (Å²) in [5.74, 6) is 0.438. The molecule has 0 unspecified atom stereocenters. The van der Waals surface area contributed by atoms with E-state index >= 15 is 0 Å². The van der Waals surface area contributed by atoms with Crippen LogP contribution >= 0.6 is 0 Å². The van der Waals surface area contributed by atoms with E-state index in [-0.39, 0.29) is 12.5 Å². The summed E-state index contributed by atoms with van der Waals surface area (Å²) in [6, 6.07) is 12.7. The predicted molar refractivity (Wildman–Crippen MR) is 83.6 cm³/mol. The lowest BCUT2D eigenvalue weighted by Crippen LogP contribution is -2.14. The number of rotatable bonds is 6. The minimum Gasteiger partial charge on any atom is -0.396 e. The molecule has 1 aromatic carbocycles. The highest BCUT2D eigenvalue weighted by atomic mass is 16.2. The largest absolute Gasteiger partial charge is 0.396 e. The quantitative estimate of drug-likeness (QED) is 0.761. The van der Waals surface area contributed by atoms with E-state index < -0.39 is 0 Å². The zero-order valence-corrected chi connectivity index (χ0v) is 12.0. The Morgan fingerprint density at radius 3 is 2.62 bits per heavy atom. The average Bonchev–Trinajstić information content (AvgIpc) is 2.50. The minimum atomic E-state index is -0.246. The number of aliphatic hydroxyl groups excluding tert-OH is 1. The molecule has 0 saturated carbocycles. The molecule has 0 aliphatic carbocycles. The topological polar surface area (TPSA) is 74.2 Å². The Balaban J connectivity index is 2.05. The molecule has 0 fully saturated rings. The third kappa shape index (κ3) is 4.29. The first-order valence-electron chi connectivity index (χ1n) is 6.95. The molecule has 0 atom stereocenters. The summed E-state index contributed by atoms with van der Waals surface area (Å²) in [4.78, 5) is 16.4. The molecule has 0 spiro atoms. The molecule has 3 N–H and O–H groups in total. The van der Waals surface area contributed by atoms with E-state index in [2.05, 4.69) is 15.6 Å². The van der Waals surface area contributed by atoms with Crippen LogP contribution in [0.4, 0.5) is 11.5 Å². The van der Waals surface area contributed by atoms with Gasteiger partial charge in [0.05, 0.1) is 0 Å². The molecule has 2 aromatic rings. The fourth-order valence-corrected chi connectivity index (χ4v) is 1.92. The van der Waals surface area contributed by atoms with Gasteiger partial charge in [0, 0.05) is 18.8 Å². The first kappa shape index (κ1) is 15.0. The van der Waals surface area contributed by atoms with Crippen molar-refractivity contribution in [1.29, 1.82) is 0 Å². The van der Waals surface area contributed by atoms with Crippen molar-refractivity contribution in [3.63, 3.8) is 0 Å². The maximum Gasteiger partial charge on any atom is 0.274 e. The third-order valence-corrected chi connectivity index (χ3v) is 2.95. The molecule has 0 aliphatic rings. The molecule has 0 aliphatic heterocycles. The van der Waals surface area contributed by atoms with Gasteiger partial charge in [0.25, 0.3) is 5.91 Å². The number of anilines is 2. The van der Waals surface area contributed by atoms with Gasteiger partial charge in [0.1, 0.15) is 11.5 Å². The molecule has 0 saturated heterocycles. The number of nitrogens with one attached hydrogen (secondary N) is 2. The van der Waals surface area contributed by atoms with Crippen molar-refractivity contribution in [2.24, 2.45) is 0 Å². The molecular formula is C16H19N3O2. The van der Waals surface area contributed by atoms with Crippen LogP contribution < -0.4 is 10.6 Å². The monoisotopic (exact) mass is 285 g/mol. The summed E-state index contributed by atoms with van der Waals surface area (Å²) in [5, 5.41) is 14.7. The van der Waals surface area contributed by atoms with E-state index in [9.17, 15) is 4.79 Å². The first-order valence-corrected chi connectivity index (χ1v) is 6.95. The maximum absolute atomic E-state index is 12.1. The number of hydrogen-bond donors (Lipinski definition) is 3. The molecule has 1 aromatic heterocycles. The fraction of sp³-hybridized carbons (Fsp3) is 0.250. The Bertz CT molecular complexity index is 597. The zero-order chi connectivity index (χ0) is 15.1. The van der Waals surface area contributed by atoms with Gasteiger partial charge in [-0.25, -0.2) is 4.98 Å². The smallest absolute Gasteiger partial charge is 0.274 e. The van der Waals surface area contributed by atoms with E-state index in [4.69, 9.17) is 5.11 Å². The molecule has 2 rings (SSSR count). The maximum atomic E-state index is 12.1. The van der Waals surface area contributed by atoms with Crippen LogP contribution in [0.3, 0.4) is 0 Å². The van der Waals surface area contributed by atoms with Crippen LogP contribution in [-0.4, -0.2) is 29.1 Å². The summed E-state index contributed by atoms with van der Waals surface area (Å²) in [6.07, 6.45) is 0.612. The van der Waals surface area contributed by atoms with E-state index in [0.29, 0.717) is 23.6 Å². The van der Waals surface area contributed by atoms with Gasteiger partial charge in [-0.1, -0.05) is 18.2 Å². The summed E-state index contributed by atoms with van der Waals surface area (Å²) in [5.41, 5.74) is 2.10. The van der Waals surface area contributed by atoms with Crippen LogP contribution in [0, 0.1) is 0 Å². The molecule has 0 bridgehead atoms. The summed E-state index contributed by atoms with van der Waals surface area (Å²) < 4.78 is 0. The number of hydrogen-bond acceptors (Lipinski definition) is 4. The van der Waals surface area contributed by atoms with Crippen molar-refractivity contribution >= 4 is 17.4 Å². The standard InChI is InChI=1S/C16H19N3O2/c1-2-17-15-5-3-4-14(19-15)16(21)18-13-8-6-12(7-9-13)10-11-20/h3-9,20H,2,10-11H2,1H3,(H,17,19)(H,18,21). The molecule has 1 amide bonds. The number of nitrogens with zero attached hydrogens (tertiary/aromatic N) is 1. The van der Waals surface area contributed by atoms with Gasteiger partial charge in [-0.05, 0) is 43.2 Å². The van der Waals surface area contributed by atoms with Crippen LogP contribution in [0.15, 0.2) is 42.5 Å². The second-order valence-corrected chi connectivity index (χ2v) is 4.56. The lowest BCUT2D eigenvalue weighted by atomic mass is 10.1. The highest BCUT2D eigenvalue weighted by molar-refractivity contribution is 6.03. The van der Waals surface area contributed by atoms with Crippen LogP contribution in [0.25, 0.3) is 0 Å². The number of carbonyl (C=O) groups is 1. The number of carbonyl (C=O) groups excluding carboxylic acids is 1. The van der Waals surface area contributed by atoms with Gasteiger partial charge < -0.3 is 15.7 Å². The first-order chi connectivity index (χ1) is 10.2. The van der Waals surface area contributed by atoms with Crippen molar-refractivity contribution < 1.29 is 9.90 Å². The van der Waals surface area contributed by atoms with E-state index in [1.54, 1.807) is 12.1 Å². The van der Waals surface area contributed by atoms with Crippen molar-refractivity contribution in [2.45, 2.75) is 13.3 Å². The Morgan fingerprint density at radius 1 is 1.19 bits per heavy atom. The molecule has 5 heteroatoms. The fourth-order valence-electron chi connectivity index (χ4n) is 1.92. The van der Waals surface area contributed by atoms with Crippen molar-refractivity contribution in [3.8, 4) is 0 Å². The number of aromatic nitrogens is 1. The Kier molecular flexibility index (Phi) is 5.29. The molecule has 21 heavy (non-hydrogen) atoms. The second kappa shape index (κ2) is 7.40. The molecule has 110 valence electrons. The SMILES string of the molecule is CCNc1cccc(C(=O)Nc2ccc(CCO)cc2)n1. The van der Waals surface area contributed by atoms with Crippen molar-refractivity contribution in [2.75, 3.05) is 23.8 Å². The highest BCUT2D eigenvalue weighted by Gasteiger charge is 2.08. The van der Waals surface area contributed by atoms with Crippen LogP contribution in [0.2, 0.25) is 0 Å². The van der Waals surface area contributed by atoms with Gasteiger partial charge >= 0.3 is 0 Å². The number of pyridine rings is 1. The minimum absolute atomic E-state index is 0.118. The van der Waals surface area contributed by atoms with Crippen LogP contribution in [0.1, 0.15) is 23.0 Å². The van der Waals surface area contributed by atoms with Gasteiger partial charge in [0.15, 0.2) is 0 Å². The van der Waals surface area contributed by atoms with E-state index in [0.717, 1.165) is 12.1 Å². The van der Waals surface area contributed by atoms with Crippen LogP contribution in [0.5, 0.6) is 0 Å². The Labute approximate surface area is 124 Å². The van der Waals surface area contributed by atoms with Gasteiger partial charge in [-0.15, -0.1) is 0 Å². The number of aliphatic hydroxyl groups is 1. The number of benzene rings is 1.